The first-order valence-corrected chi connectivity index (χ1v) is 5.72. The van der Waals surface area contributed by atoms with E-state index in [0.29, 0.717) is 0 Å². The van der Waals surface area contributed by atoms with Crippen LogP contribution in [0.15, 0.2) is 0 Å². The van der Waals surface area contributed by atoms with Crippen LogP contribution in [0, 0.1) is 0 Å². The minimum atomic E-state index is -0.140. The molecule has 1 rings (SSSR count). The Morgan fingerprint density at radius 3 is 2.64 bits per heavy atom. The normalized spacial score (nSPS) is 24.7. The van der Waals surface area contributed by atoms with Gasteiger partial charge in [0, 0.05) is 6.54 Å². The lowest BCUT2D eigenvalue weighted by atomic mass is 10.1. The Balaban J connectivity index is 2.03. The molecular weight excluding hydrogens is 178 g/mol. The quantitative estimate of drug-likeness (QED) is 0.502. The minimum absolute atomic E-state index is 0.0829. The van der Waals surface area contributed by atoms with Gasteiger partial charge in [0.15, 0.2) is 6.10 Å². The van der Waals surface area contributed by atoms with Gasteiger partial charge in [-0.25, -0.2) is 0 Å². The van der Waals surface area contributed by atoms with E-state index in [4.69, 9.17) is 4.74 Å². The van der Waals surface area contributed by atoms with Gasteiger partial charge < -0.3 is 10.1 Å². The third-order valence-electron chi connectivity index (χ3n) is 2.51. The molecule has 2 atom stereocenters. The maximum absolute atomic E-state index is 11.4. The first kappa shape index (κ1) is 11.5. The van der Waals surface area contributed by atoms with Gasteiger partial charge in [-0.15, -0.1) is 0 Å². The number of hydrogen-bond acceptors (Lipinski definition) is 2. The van der Waals surface area contributed by atoms with Crippen molar-refractivity contribution in [3.05, 3.63) is 0 Å². The van der Waals surface area contributed by atoms with Crippen molar-refractivity contribution in [2.45, 2.75) is 58.2 Å². The molecule has 0 aromatic rings. The summed E-state index contributed by atoms with van der Waals surface area (Å²) in [5.41, 5.74) is 0. The summed E-state index contributed by atoms with van der Waals surface area (Å²) in [4.78, 5) is 11.4. The number of ether oxygens (including phenoxy) is 1. The second-order valence-electron chi connectivity index (χ2n) is 3.88. The molecule has 0 bridgehead atoms. The molecule has 1 aliphatic heterocycles. The molecule has 0 aliphatic carbocycles. The van der Waals surface area contributed by atoms with Gasteiger partial charge in [0.2, 0.25) is 0 Å². The fourth-order valence-electron chi connectivity index (χ4n) is 1.49. The molecule has 1 fully saturated rings. The Hall–Kier alpha value is -0.570. The molecule has 14 heavy (non-hydrogen) atoms. The maximum Gasteiger partial charge on any atom is 0.251 e. The van der Waals surface area contributed by atoms with Gasteiger partial charge >= 0.3 is 0 Å². The molecule has 1 N–H and O–H groups in total. The number of epoxide rings is 1. The zero-order valence-corrected chi connectivity index (χ0v) is 9.21. The van der Waals surface area contributed by atoms with Crippen molar-refractivity contribution in [2.24, 2.45) is 0 Å². The number of unbranched alkanes of at least 4 members (excludes halogenated alkanes) is 2. The number of nitrogens with one attached hydrogen (secondary N) is 1. The summed E-state index contributed by atoms with van der Waals surface area (Å²) in [6, 6.07) is 0. The van der Waals surface area contributed by atoms with Crippen LogP contribution >= 0.6 is 0 Å². The van der Waals surface area contributed by atoms with E-state index in [2.05, 4.69) is 19.2 Å². The zero-order valence-electron chi connectivity index (χ0n) is 9.21. The van der Waals surface area contributed by atoms with Crippen molar-refractivity contribution in [1.82, 2.24) is 5.32 Å². The van der Waals surface area contributed by atoms with Crippen LogP contribution < -0.4 is 5.32 Å². The van der Waals surface area contributed by atoms with Gasteiger partial charge in [0.25, 0.3) is 5.91 Å². The van der Waals surface area contributed by atoms with Crippen LogP contribution in [-0.4, -0.2) is 24.7 Å². The molecule has 0 spiro atoms. The molecule has 0 saturated carbocycles. The molecular formula is C11H21NO2. The Labute approximate surface area is 86.2 Å². The van der Waals surface area contributed by atoms with Gasteiger partial charge in [-0.05, 0) is 12.8 Å². The van der Waals surface area contributed by atoms with Gasteiger partial charge in [0.05, 0.1) is 6.10 Å². The monoisotopic (exact) mass is 199 g/mol. The molecule has 0 radical (unpaired) electrons. The molecule has 1 aliphatic rings. The Morgan fingerprint density at radius 2 is 2.00 bits per heavy atom. The van der Waals surface area contributed by atoms with Crippen molar-refractivity contribution in [2.75, 3.05) is 6.54 Å². The van der Waals surface area contributed by atoms with E-state index < -0.39 is 0 Å². The lowest BCUT2D eigenvalue weighted by Gasteiger charge is -2.00. The predicted octanol–water partition coefficient (Wildman–Crippen LogP) is 1.86. The average molecular weight is 199 g/mol. The Morgan fingerprint density at radius 1 is 1.29 bits per heavy atom. The lowest BCUT2D eigenvalue weighted by Crippen LogP contribution is -2.29. The largest absolute Gasteiger partial charge is 0.359 e. The number of hydrogen-bond donors (Lipinski definition) is 1. The summed E-state index contributed by atoms with van der Waals surface area (Å²) in [6.07, 6.45) is 5.59. The van der Waals surface area contributed by atoms with Crippen LogP contribution in [0.1, 0.15) is 46.0 Å². The molecule has 1 saturated heterocycles. The van der Waals surface area contributed by atoms with Crippen molar-refractivity contribution in [3.8, 4) is 0 Å². The molecule has 82 valence electrons. The summed E-state index contributed by atoms with van der Waals surface area (Å²) in [5.74, 6) is 0.0829. The van der Waals surface area contributed by atoms with Crippen LogP contribution in [-0.2, 0) is 9.53 Å². The van der Waals surface area contributed by atoms with Crippen LogP contribution in [0.5, 0.6) is 0 Å². The summed E-state index contributed by atoms with van der Waals surface area (Å²) >= 11 is 0. The average Bonchev–Trinajstić information content (AvgIpc) is 2.94. The van der Waals surface area contributed by atoms with E-state index in [-0.39, 0.29) is 18.1 Å². The summed E-state index contributed by atoms with van der Waals surface area (Å²) in [5, 5.41) is 2.89. The topological polar surface area (TPSA) is 41.6 Å². The molecule has 1 heterocycles. The highest BCUT2D eigenvalue weighted by molar-refractivity contribution is 5.83. The van der Waals surface area contributed by atoms with Crippen molar-refractivity contribution >= 4 is 5.91 Å². The summed E-state index contributed by atoms with van der Waals surface area (Å²) < 4.78 is 5.30. The van der Waals surface area contributed by atoms with E-state index >= 15 is 0 Å². The highest BCUT2D eigenvalue weighted by Crippen LogP contribution is 2.27. The highest BCUT2D eigenvalue weighted by atomic mass is 16.6. The fourth-order valence-corrected chi connectivity index (χ4v) is 1.49. The Bertz CT molecular complexity index is 182. The van der Waals surface area contributed by atoms with E-state index in [0.717, 1.165) is 32.2 Å². The van der Waals surface area contributed by atoms with Crippen molar-refractivity contribution in [3.63, 3.8) is 0 Å². The van der Waals surface area contributed by atoms with Crippen LogP contribution in [0.2, 0.25) is 0 Å². The Kier molecular flexibility index (Phi) is 4.94. The van der Waals surface area contributed by atoms with Crippen LogP contribution in [0.3, 0.4) is 0 Å². The third-order valence-corrected chi connectivity index (χ3v) is 2.51. The van der Waals surface area contributed by atoms with Gasteiger partial charge in [-0.1, -0.05) is 33.1 Å². The number of carbonyl (C=O) groups excluding carboxylic acids is 1. The molecule has 1 amide bonds. The van der Waals surface area contributed by atoms with Gasteiger partial charge in [0.1, 0.15) is 0 Å². The number of amides is 1. The van der Waals surface area contributed by atoms with E-state index in [9.17, 15) is 4.79 Å². The summed E-state index contributed by atoms with van der Waals surface area (Å²) in [6.45, 7) is 5.05. The van der Waals surface area contributed by atoms with Gasteiger partial charge in [-0.2, -0.15) is 0 Å². The second kappa shape index (κ2) is 6.02. The smallest absolute Gasteiger partial charge is 0.251 e. The number of carbonyl (C=O) groups is 1. The van der Waals surface area contributed by atoms with Crippen LogP contribution in [0.25, 0.3) is 0 Å². The third kappa shape index (κ3) is 3.66. The first-order chi connectivity index (χ1) is 6.79. The highest BCUT2D eigenvalue weighted by Gasteiger charge is 2.43. The zero-order chi connectivity index (χ0) is 10.4. The molecule has 0 unspecified atom stereocenters. The second-order valence-corrected chi connectivity index (χ2v) is 3.88. The van der Waals surface area contributed by atoms with Crippen molar-refractivity contribution < 1.29 is 9.53 Å². The lowest BCUT2D eigenvalue weighted by molar-refractivity contribution is -0.122. The molecule has 3 nitrogen and oxygen atoms in total. The SMILES string of the molecule is CCCCNC(=O)[C@H]1O[C@H]1CCCC. The molecule has 0 aromatic heterocycles. The minimum Gasteiger partial charge on any atom is -0.359 e. The predicted molar refractivity (Wildman–Crippen MR) is 56.1 cm³/mol. The molecule has 3 heteroatoms. The number of rotatable bonds is 7. The van der Waals surface area contributed by atoms with E-state index in [1.54, 1.807) is 0 Å². The van der Waals surface area contributed by atoms with Crippen LogP contribution in [0.4, 0.5) is 0 Å². The first-order valence-electron chi connectivity index (χ1n) is 5.72. The molecule has 0 aromatic carbocycles. The van der Waals surface area contributed by atoms with E-state index in [1.165, 1.54) is 6.42 Å². The summed E-state index contributed by atoms with van der Waals surface area (Å²) in [7, 11) is 0. The fraction of sp³-hybridized carbons (Fsp3) is 0.909. The maximum atomic E-state index is 11.4. The standard InChI is InChI=1S/C11H21NO2/c1-3-5-7-9-10(14-9)11(13)12-8-6-4-2/h9-10H,3-8H2,1-2H3,(H,12,13)/t9-,10-/m0/s1. The van der Waals surface area contributed by atoms with Crippen molar-refractivity contribution in [1.29, 1.82) is 0 Å². The van der Waals surface area contributed by atoms with E-state index in [1.807, 2.05) is 0 Å². The van der Waals surface area contributed by atoms with Gasteiger partial charge in [-0.3, -0.25) is 4.79 Å².